The lowest BCUT2D eigenvalue weighted by atomic mass is 9.76. The second kappa shape index (κ2) is 5.03. The zero-order chi connectivity index (χ0) is 16.8. The van der Waals surface area contributed by atoms with Crippen molar-refractivity contribution in [2.45, 2.75) is 6.04 Å². The Bertz CT molecular complexity index is 1120. The fourth-order valence-corrected chi connectivity index (χ4v) is 3.51. The van der Waals surface area contributed by atoms with Gasteiger partial charge in [0.05, 0.1) is 17.2 Å². The molecule has 0 aliphatic heterocycles. The zero-order valence-electron chi connectivity index (χ0n) is 12.6. The molecular formula is C20H11N3O. The van der Waals surface area contributed by atoms with E-state index in [4.69, 9.17) is 5.73 Å². The summed E-state index contributed by atoms with van der Waals surface area (Å²) >= 11 is 0. The van der Waals surface area contributed by atoms with Gasteiger partial charge in [0.25, 0.3) is 0 Å². The summed E-state index contributed by atoms with van der Waals surface area (Å²) in [5.41, 5.74) is 9.00. The molecule has 0 bridgehead atoms. The topological polar surface area (TPSA) is 90.7 Å². The number of carbonyl (C=O) groups is 1. The summed E-state index contributed by atoms with van der Waals surface area (Å²) in [4.78, 5) is 13.1. The summed E-state index contributed by atoms with van der Waals surface area (Å²) in [7, 11) is 0. The molecule has 4 heteroatoms. The molecule has 0 fully saturated rings. The van der Waals surface area contributed by atoms with E-state index in [1.54, 1.807) is 36.4 Å². The van der Waals surface area contributed by atoms with Crippen molar-refractivity contribution < 1.29 is 4.79 Å². The molecule has 0 heterocycles. The maximum Gasteiger partial charge on any atom is 0.194 e. The van der Waals surface area contributed by atoms with Gasteiger partial charge in [-0.15, -0.1) is 0 Å². The van der Waals surface area contributed by atoms with Gasteiger partial charge in [-0.3, -0.25) is 4.79 Å². The fourth-order valence-electron chi connectivity index (χ4n) is 3.51. The highest BCUT2D eigenvalue weighted by atomic mass is 16.1. The van der Waals surface area contributed by atoms with Crippen LogP contribution in [0.3, 0.4) is 0 Å². The lowest BCUT2D eigenvalue weighted by Crippen LogP contribution is -2.26. The van der Waals surface area contributed by atoms with Crippen LogP contribution in [-0.2, 0) is 0 Å². The van der Waals surface area contributed by atoms with Gasteiger partial charge in [0.15, 0.2) is 5.78 Å². The molecule has 112 valence electrons. The quantitative estimate of drug-likeness (QED) is 0.690. The minimum Gasteiger partial charge on any atom is -0.320 e. The predicted molar refractivity (Wildman–Crippen MR) is 89.3 cm³/mol. The van der Waals surface area contributed by atoms with Gasteiger partial charge in [-0.1, -0.05) is 48.5 Å². The molecule has 0 saturated heterocycles. The van der Waals surface area contributed by atoms with E-state index in [9.17, 15) is 15.3 Å². The second-order valence-corrected chi connectivity index (χ2v) is 5.70. The first-order valence-electron chi connectivity index (χ1n) is 7.47. The van der Waals surface area contributed by atoms with E-state index in [0.717, 1.165) is 0 Å². The van der Waals surface area contributed by atoms with Crippen LogP contribution in [0.25, 0.3) is 10.8 Å². The van der Waals surface area contributed by atoms with Crippen molar-refractivity contribution in [1.29, 1.82) is 10.5 Å². The van der Waals surface area contributed by atoms with Crippen molar-refractivity contribution in [1.82, 2.24) is 0 Å². The summed E-state index contributed by atoms with van der Waals surface area (Å²) in [5, 5.41) is 20.5. The first kappa shape index (κ1) is 14.1. The average molecular weight is 309 g/mol. The summed E-state index contributed by atoms with van der Waals surface area (Å²) in [6, 6.07) is 17.9. The number of nitrogens with two attached hydrogens (primary N) is 1. The zero-order valence-corrected chi connectivity index (χ0v) is 12.6. The molecule has 0 aromatic heterocycles. The van der Waals surface area contributed by atoms with E-state index < -0.39 is 6.04 Å². The smallest absolute Gasteiger partial charge is 0.194 e. The van der Waals surface area contributed by atoms with Gasteiger partial charge in [0, 0.05) is 22.1 Å². The molecule has 0 saturated carbocycles. The van der Waals surface area contributed by atoms with Gasteiger partial charge >= 0.3 is 0 Å². The van der Waals surface area contributed by atoms with Crippen molar-refractivity contribution in [2.75, 3.05) is 0 Å². The first-order chi connectivity index (χ1) is 11.7. The van der Waals surface area contributed by atoms with Gasteiger partial charge in [0.1, 0.15) is 12.1 Å². The molecule has 24 heavy (non-hydrogen) atoms. The van der Waals surface area contributed by atoms with E-state index in [0.29, 0.717) is 33.0 Å². The highest BCUT2D eigenvalue weighted by molar-refractivity contribution is 6.20. The minimum atomic E-state index is -0.611. The van der Waals surface area contributed by atoms with Gasteiger partial charge in [-0.25, -0.2) is 0 Å². The predicted octanol–water partition coefficient (Wildman–Crippen LogP) is 3.18. The number of nitrogens with zero attached hydrogens (tertiary/aromatic N) is 2. The van der Waals surface area contributed by atoms with Crippen LogP contribution in [0.4, 0.5) is 0 Å². The third-order valence-corrected chi connectivity index (χ3v) is 4.56. The summed E-state index contributed by atoms with van der Waals surface area (Å²) < 4.78 is 0. The fraction of sp³-hybridized carbons (Fsp3) is 0.0500. The van der Waals surface area contributed by atoms with Gasteiger partial charge < -0.3 is 5.73 Å². The van der Waals surface area contributed by atoms with Gasteiger partial charge in [0.2, 0.25) is 0 Å². The molecular weight excluding hydrogens is 298 g/mol. The van der Waals surface area contributed by atoms with Crippen molar-refractivity contribution in [3.05, 3.63) is 81.9 Å². The number of fused-ring (bicyclic) bond motifs is 4. The standard InChI is InChI=1S/C20H11N3O/c21-9-15-11-5-1-2-6-12(11)18-17(16(15)10-22)19(23)13-7-3-4-8-14(13)20(18)24/h1-8,19H,23H2. The van der Waals surface area contributed by atoms with Crippen LogP contribution in [-0.4, -0.2) is 5.78 Å². The maximum absolute atomic E-state index is 13.1. The Morgan fingerprint density at radius 3 is 2.21 bits per heavy atom. The Hall–Kier alpha value is -3.47. The van der Waals surface area contributed by atoms with E-state index >= 15 is 0 Å². The molecule has 1 unspecified atom stereocenters. The highest BCUT2D eigenvalue weighted by Gasteiger charge is 2.34. The van der Waals surface area contributed by atoms with Crippen LogP contribution in [0.15, 0.2) is 48.5 Å². The van der Waals surface area contributed by atoms with Crippen LogP contribution >= 0.6 is 0 Å². The largest absolute Gasteiger partial charge is 0.320 e. The lowest BCUT2D eigenvalue weighted by molar-refractivity contribution is 0.103. The Morgan fingerprint density at radius 2 is 1.50 bits per heavy atom. The highest BCUT2D eigenvalue weighted by Crippen LogP contribution is 2.41. The van der Waals surface area contributed by atoms with E-state index in [1.807, 2.05) is 12.1 Å². The molecule has 1 aliphatic rings. The Labute approximate surface area is 138 Å². The molecule has 3 aromatic rings. The summed E-state index contributed by atoms with van der Waals surface area (Å²) in [6.45, 7) is 0. The monoisotopic (exact) mass is 309 g/mol. The molecule has 0 spiro atoms. The average Bonchev–Trinajstić information content (AvgIpc) is 2.64. The summed E-state index contributed by atoms with van der Waals surface area (Å²) in [6.07, 6.45) is 0. The number of ketones is 1. The summed E-state index contributed by atoms with van der Waals surface area (Å²) in [5.74, 6) is -0.153. The first-order valence-corrected chi connectivity index (χ1v) is 7.47. The Morgan fingerprint density at radius 1 is 0.875 bits per heavy atom. The number of benzene rings is 3. The van der Waals surface area contributed by atoms with E-state index in [-0.39, 0.29) is 16.9 Å². The number of hydrogen-bond donors (Lipinski definition) is 1. The van der Waals surface area contributed by atoms with Crippen molar-refractivity contribution in [2.24, 2.45) is 5.73 Å². The normalized spacial score (nSPS) is 15.3. The minimum absolute atomic E-state index is 0.153. The van der Waals surface area contributed by atoms with Crippen molar-refractivity contribution in [3.63, 3.8) is 0 Å². The molecule has 4 nitrogen and oxygen atoms in total. The molecule has 4 rings (SSSR count). The number of nitriles is 2. The molecule has 1 aliphatic carbocycles. The van der Waals surface area contributed by atoms with Crippen molar-refractivity contribution >= 4 is 16.6 Å². The van der Waals surface area contributed by atoms with Gasteiger partial charge in [-0.2, -0.15) is 10.5 Å². The van der Waals surface area contributed by atoms with Crippen LogP contribution < -0.4 is 5.73 Å². The molecule has 1 atom stereocenters. The second-order valence-electron chi connectivity index (χ2n) is 5.70. The Kier molecular flexibility index (Phi) is 2.96. The van der Waals surface area contributed by atoms with E-state index in [1.165, 1.54) is 0 Å². The lowest BCUT2D eigenvalue weighted by Gasteiger charge is -2.27. The van der Waals surface area contributed by atoms with Crippen LogP contribution in [0, 0.1) is 22.7 Å². The molecule has 0 amide bonds. The van der Waals surface area contributed by atoms with Gasteiger partial charge in [-0.05, 0) is 10.9 Å². The SMILES string of the molecule is N#Cc1c2c(c3ccccc3c1C#N)C(=O)c1ccccc1C2N. The third kappa shape index (κ3) is 1.66. The Balaban J connectivity index is 2.25. The maximum atomic E-state index is 13.1. The van der Waals surface area contributed by atoms with Crippen LogP contribution in [0.5, 0.6) is 0 Å². The van der Waals surface area contributed by atoms with Crippen LogP contribution in [0.2, 0.25) is 0 Å². The van der Waals surface area contributed by atoms with Crippen LogP contribution in [0.1, 0.15) is 44.2 Å². The molecule has 0 radical (unpaired) electrons. The number of carbonyl (C=O) groups excluding carboxylic acids is 1. The number of rotatable bonds is 0. The molecule has 3 aromatic carbocycles. The third-order valence-electron chi connectivity index (χ3n) is 4.56. The van der Waals surface area contributed by atoms with E-state index in [2.05, 4.69) is 12.1 Å². The molecule has 2 N–H and O–H groups in total. The number of hydrogen-bond acceptors (Lipinski definition) is 4. The van der Waals surface area contributed by atoms with Crippen molar-refractivity contribution in [3.8, 4) is 12.1 Å².